The van der Waals surface area contributed by atoms with Gasteiger partial charge in [-0.3, -0.25) is 9.78 Å². The number of unbranched alkanes of at least 4 members (excludes halogenated alkanes) is 2. The van der Waals surface area contributed by atoms with Gasteiger partial charge in [-0.1, -0.05) is 42.5 Å². The molecule has 1 amide bonds. The molecular formula is C18H20N2O. The number of amides is 1. The second-order valence-electron chi connectivity index (χ2n) is 4.94. The van der Waals surface area contributed by atoms with Gasteiger partial charge in [-0.05, 0) is 36.5 Å². The van der Waals surface area contributed by atoms with Crippen molar-refractivity contribution in [1.82, 2.24) is 4.98 Å². The van der Waals surface area contributed by atoms with E-state index in [1.807, 2.05) is 30.5 Å². The molecule has 0 fully saturated rings. The summed E-state index contributed by atoms with van der Waals surface area (Å²) in [5, 5.41) is 0. The Kier molecular flexibility index (Phi) is 5.71. The van der Waals surface area contributed by atoms with Crippen molar-refractivity contribution >= 4 is 11.5 Å². The van der Waals surface area contributed by atoms with Crippen LogP contribution < -0.4 is 5.73 Å². The maximum Gasteiger partial charge on any atom is 0.217 e. The fraction of sp³-hybridized carbons (Fsp3) is 0.222. The lowest BCUT2D eigenvalue weighted by atomic mass is 9.97. The Hall–Kier alpha value is -2.42. The van der Waals surface area contributed by atoms with Crippen LogP contribution in [0.25, 0.3) is 5.57 Å². The number of nitrogens with zero attached hydrogens (tertiary/aromatic N) is 1. The van der Waals surface area contributed by atoms with E-state index in [2.05, 4.69) is 29.3 Å². The molecule has 2 aromatic rings. The van der Waals surface area contributed by atoms with E-state index in [0.717, 1.165) is 24.8 Å². The normalized spacial score (nSPS) is 11.3. The third kappa shape index (κ3) is 4.88. The van der Waals surface area contributed by atoms with Gasteiger partial charge >= 0.3 is 0 Å². The Labute approximate surface area is 125 Å². The predicted molar refractivity (Wildman–Crippen MR) is 85.4 cm³/mol. The molecule has 0 aliphatic rings. The van der Waals surface area contributed by atoms with E-state index >= 15 is 0 Å². The van der Waals surface area contributed by atoms with Crippen LogP contribution >= 0.6 is 0 Å². The summed E-state index contributed by atoms with van der Waals surface area (Å²) in [6.45, 7) is 0. The highest BCUT2D eigenvalue weighted by atomic mass is 16.1. The molecule has 2 rings (SSSR count). The zero-order chi connectivity index (χ0) is 14.9. The van der Waals surface area contributed by atoms with Crippen molar-refractivity contribution < 1.29 is 4.79 Å². The summed E-state index contributed by atoms with van der Waals surface area (Å²) in [6, 6.07) is 14.3. The average Bonchev–Trinajstić information content (AvgIpc) is 2.52. The van der Waals surface area contributed by atoms with Crippen LogP contribution in [0.5, 0.6) is 0 Å². The van der Waals surface area contributed by atoms with Gasteiger partial charge in [0.1, 0.15) is 0 Å². The first kappa shape index (κ1) is 15.0. The number of primary amides is 1. The molecule has 0 saturated carbocycles. The van der Waals surface area contributed by atoms with Crippen molar-refractivity contribution in [3.05, 3.63) is 72.1 Å². The minimum absolute atomic E-state index is 0.227. The first-order chi connectivity index (χ1) is 10.3. The summed E-state index contributed by atoms with van der Waals surface area (Å²) >= 11 is 0. The fourth-order valence-corrected chi connectivity index (χ4v) is 2.23. The summed E-state index contributed by atoms with van der Waals surface area (Å²) in [4.78, 5) is 14.9. The molecule has 0 aliphatic heterocycles. The Morgan fingerprint density at radius 2 is 1.81 bits per heavy atom. The van der Waals surface area contributed by atoms with Crippen molar-refractivity contribution in [2.75, 3.05) is 0 Å². The second-order valence-corrected chi connectivity index (χ2v) is 4.94. The number of carbonyl (C=O) groups excluding carboxylic acids is 1. The van der Waals surface area contributed by atoms with Gasteiger partial charge in [0.15, 0.2) is 0 Å². The standard InChI is InChI=1S/C18H20N2O/c19-18(21)12-6-2-5-11-17(15-8-3-1-4-9-15)16-10-7-13-20-14-16/h1,3-4,7-11,13-14H,2,5-6,12H2,(H2,19,21). The maximum absolute atomic E-state index is 10.7. The molecule has 108 valence electrons. The lowest BCUT2D eigenvalue weighted by molar-refractivity contribution is -0.118. The fourth-order valence-electron chi connectivity index (χ4n) is 2.23. The lowest BCUT2D eigenvalue weighted by Crippen LogP contribution is -2.09. The lowest BCUT2D eigenvalue weighted by Gasteiger charge is -2.08. The van der Waals surface area contributed by atoms with Gasteiger partial charge in [0.2, 0.25) is 5.91 Å². The zero-order valence-corrected chi connectivity index (χ0v) is 12.0. The second kappa shape index (κ2) is 8.00. The van der Waals surface area contributed by atoms with E-state index in [-0.39, 0.29) is 5.91 Å². The number of hydrogen-bond acceptors (Lipinski definition) is 2. The topological polar surface area (TPSA) is 56.0 Å². The molecule has 1 aromatic carbocycles. The van der Waals surface area contributed by atoms with Crippen LogP contribution in [-0.4, -0.2) is 10.9 Å². The minimum atomic E-state index is -0.227. The Morgan fingerprint density at radius 3 is 2.48 bits per heavy atom. The third-order valence-electron chi connectivity index (χ3n) is 3.28. The first-order valence-corrected chi connectivity index (χ1v) is 7.21. The van der Waals surface area contributed by atoms with Crippen LogP contribution in [0.15, 0.2) is 60.9 Å². The molecule has 3 heteroatoms. The molecule has 0 bridgehead atoms. The number of carbonyl (C=O) groups is 1. The van der Waals surface area contributed by atoms with Crippen LogP contribution in [0, 0.1) is 0 Å². The maximum atomic E-state index is 10.7. The van der Waals surface area contributed by atoms with E-state index in [1.165, 1.54) is 11.1 Å². The Bertz CT molecular complexity index is 550. The predicted octanol–water partition coefficient (Wildman–Crippen LogP) is 3.56. The first-order valence-electron chi connectivity index (χ1n) is 7.21. The summed E-state index contributed by atoms with van der Waals surface area (Å²) in [7, 11) is 0. The summed E-state index contributed by atoms with van der Waals surface area (Å²) in [5.41, 5.74) is 8.63. The number of hydrogen-bond donors (Lipinski definition) is 1. The van der Waals surface area contributed by atoms with Crippen LogP contribution in [0.2, 0.25) is 0 Å². The Morgan fingerprint density at radius 1 is 1.05 bits per heavy atom. The van der Waals surface area contributed by atoms with E-state index in [4.69, 9.17) is 5.73 Å². The summed E-state index contributed by atoms with van der Waals surface area (Å²) in [6.07, 6.45) is 9.04. The molecule has 2 N–H and O–H groups in total. The molecule has 0 atom stereocenters. The monoisotopic (exact) mass is 280 g/mol. The van der Waals surface area contributed by atoms with E-state index in [1.54, 1.807) is 6.20 Å². The van der Waals surface area contributed by atoms with Crippen molar-refractivity contribution in [3.8, 4) is 0 Å². The highest BCUT2D eigenvalue weighted by Gasteiger charge is 2.04. The quantitative estimate of drug-likeness (QED) is 0.788. The highest BCUT2D eigenvalue weighted by Crippen LogP contribution is 2.23. The number of rotatable bonds is 7. The van der Waals surface area contributed by atoms with Crippen molar-refractivity contribution in [1.29, 1.82) is 0 Å². The highest BCUT2D eigenvalue weighted by molar-refractivity contribution is 5.79. The third-order valence-corrected chi connectivity index (χ3v) is 3.28. The Balaban J connectivity index is 2.11. The largest absolute Gasteiger partial charge is 0.370 e. The van der Waals surface area contributed by atoms with Crippen LogP contribution in [0.3, 0.4) is 0 Å². The molecule has 0 unspecified atom stereocenters. The van der Waals surface area contributed by atoms with Crippen molar-refractivity contribution in [2.24, 2.45) is 5.73 Å². The molecule has 0 saturated heterocycles. The van der Waals surface area contributed by atoms with Crippen LogP contribution in [-0.2, 0) is 4.79 Å². The summed E-state index contributed by atoms with van der Waals surface area (Å²) < 4.78 is 0. The van der Waals surface area contributed by atoms with Gasteiger partial charge in [-0.2, -0.15) is 0 Å². The number of allylic oxidation sites excluding steroid dienone is 1. The van der Waals surface area contributed by atoms with Gasteiger partial charge < -0.3 is 5.73 Å². The molecule has 1 aromatic heterocycles. The van der Waals surface area contributed by atoms with E-state index in [9.17, 15) is 4.79 Å². The smallest absolute Gasteiger partial charge is 0.217 e. The van der Waals surface area contributed by atoms with Crippen molar-refractivity contribution in [2.45, 2.75) is 25.7 Å². The molecule has 3 nitrogen and oxygen atoms in total. The summed E-state index contributed by atoms with van der Waals surface area (Å²) in [5.74, 6) is -0.227. The molecule has 21 heavy (non-hydrogen) atoms. The number of pyridine rings is 1. The average molecular weight is 280 g/mol. The number of benzene rings is 1. The molecule has 0 radical (unpaired) electrons. The number of nitrogens with two attached hydrogens (primary N) is 1. The van der Waals surface area contributed by atoms with Gasteiger partial charge in [-0.15, -0.1) is 0 Å². The van der Waals surface area contributed by atoms with E-state index in [0.29, 0.717) is 6.42 Å². The van der Waals surface area contributed by atoms with Gasteiger partial charge in [0, 0.05) is 24.4 Å². The minimum Gasteiger partial charge on any atom is -0.370 e. The molecular weight excluding hydrogens is 260 g/mol. The number of aromatic nitrogens is 1. The molecule has 0 spiro atoms. The van der Waals surface area contributed by atoms with Crippen LogP contribution in [0.4, 0.5) is 0 Å². The van der Waals surface area contributed by atoms with Gasteiger partial charge in [0.25, 0.3) is 0 Å². The van der Waals surface area contributed by atoms with E-state index < -0.39 is 0 Å². The SMILES string of the molecule is NC(=O)CCCCC=C(c1ccccc1)c1cccnc1. The van der Waals surface area contributed by atoms with Crippen molar-refractivity contribution in [3.63, 3.8) is 0 Å². The van der Waals surface area contributed by atoms with Gasteiger partial charge in [0.05, 0.1) is 0 Å². The molecule has 0 aliphatic carbocycles. The van der Waals surface area contributed by atoms with Gasteiger partial charge in [-0.25, -0.2) is 0 Å². The van der Waals surface area contributed by atoms with Crippen LogP contribution in [0.1, 0.15) is 36.8 Å². The zero-order valence-electron chi connectivity index (χ0n) is 12.0. The molecule has 1 heterocycles.